The minimum atomic E-state index is -2.75. The summed E-state index contributed by atoms with van der Waals surface area (Å²) in [4.78, 5) is 0. The lowest BCUT2D eigenvalue weighted by Crippen LogP contribution is -2.36. The molecule has 0 spiro atoms. The second kappa shape index (κ2) is 4.94. The largest absolute Gasteiger partial charge is 0.314 e. The highest BCUT2D eigenvalue weighted by atomic mass is 32.2. The van der Waals surface area contributed by atoms with Crippen molar-refractivity contribution in [2.24, 2.45) is 5.92 Å². The maximum absolute atomic E-state index is 11.3. The van der Waals surface area contributed by atoms with E-state index in [1.165, 1.54) is 0 Å². The molecular formula is C10H19NO2S. The normalized spacial score (nSPS) is 27.4. The molecule has 0 amide bonds. The van der Waals surface area contributed by atoms with Crippen molar-refractivity contribution in [1.29, 1.82) is 0 Å². The Morgan fingerprint density at radius 3 is 2.79 bits per heavy atom. The maximum Gasteiger partial charge on any atom is 0.150 e. The molecule has 1 saturated heterocycles. The smallest absolute Gasteiger partial charge is 0.150 e. The van der Waals surface area contributed by atoms with Crippen LogP contribution in [0.4, 0.5) is 0 Å². The number of hydrogen-bond acceptors (Lipinski definition) is 3. The van der Waals surface area contributed by atoms with E-state index in [0.29, 0.717) is 11.5 Å². The third kappa shape index (κ3) is 3.10. The van der Waals surface area contributed by atoms with E-state index in [4.69, 9.17) is 0 Å². The Balaban J connectivity index is 2.57. The van der Waals surface area contributed by atoms with Gasteiger partial charge in [-0.3, -0.25) is 0 Å². The van der Waals surface area contributed by atoms with Gasteiger partial charge in [0, 0.05) is 6.04 Å². The van der Waals surface area contributed by atoms with Crippen molar-refractivity contribution in [1.82, 2.24) is 5.32 Å². The molecule has 82 valence electrons. The fourth-order valence-electron chi connectivity index (χ4n) is 2.03. The Bertz CT molecular complexity index is 284. The Morgan fingerprint density at radius 1 is 1.64 bits per heavy atom. The molecule has 1 rings (SSSR count). The predicted molar refractivity (Wildman–Crippen MR) is 59.0 cm³/mol. The average Bonchev–Trinajstić information content (AvgIpc) is 2.46. The SMILES string of the molecule is C=CCC(NCC)C1CCS(=O)(=O)C1. The third-order valence-electron chi connectivity index (χ3n) is 2.72. The van der Waals surface area contributed by atoms with Crippen LogP contribution in [0.25, 0.3) is 0 Å². The third-order valence-corrected chi connectivity index (χ3v) is 4.52. The summed E-state index contributed by atoms with van der Waals surface area (Å²) in [5.41, 5.74) is 0. The van der Waals surface area contributed by atoms with Crippen LogP contribution in [-0.4, -0.2) is 32.5 Å². The van der Waals surface area contributed by atoms with E-state index < -0.39 is 9.84 Å². The molecule has 1 aliphatic rings. The lowest BCUT2D eigenvalue weighted by Gasteiger charge is -2.21. The highest BCUT2D eigenvalue weighted by Crippen LogP contribution is 2.23. The average molecular weight is 217 g/mol. The second-order valence-electron chi connectivity index (χ2n) is 3.85. The molecule has 14 heavy (non-hydrogen) atoms. The van der Waals surface area contributed by atoms with Crippen molar-refractivity contribution in [2.75, 3.05) is 18.1 Å². The molecule has 0 aromatic heterocycles. The number of sulfone groups is 1. The first-order valence-corrected chi connectivity index (χ1v) is 6.96. The first kappa shape index (κ1) is 11.7. The predicted octanol–water partition coefficient (Wildman–Crippen LogP) is 0.975. The summed E-state index contributed by atoms with van der Waals surface area (Å²) in [5, 5.41) is 3.33. The van der Waals surface area contributed by atoms with Gasteiger partial charge in [0.15, 0.2) is 9.84 Å². The Hall–Kier alpha value is -0.350. The van der Waals surface area contributed by atoms with Gasteiger partial charge in [-0.2, -0.15) is 0 Å². The first-order valence-electron chi connectivity index (χ1n) is 5.13. The molecule has 0 saturated carbocycles. The van der Waals surface area contributed by atoms with Crippen molar-refractivity contribution in [3.8, 4) is 0 Å². The molecule has 0 bridgehead atoms. The van der Waals surface area contributed by atoms with Crippen LogP contribution in [0.2, 0.25) is 0 Å². The molecule has 1 N–H and O–H groups in total. The van der Waals surface area contributed by atoms with Crippen LogP contribution in [0.15, 0.2) is 12.7 Å². The molecule has 4 heteroatoms. The van der Waals surface area contributed by atoms with Gasteiger partial charge in [-0.05, 0) is 25.3 Å². The van der Waals surface area contributed by atoms with E-state index in [0.717, 1.165) is 19.4 Å². The zero-order chi connectivity index (χ0) is 10.6. The van der Waals surface area contributed by atoms with Crippen molar-refractivity contribution >= 4 is 9.84 Å². The van der Waals surface area contributed by atoms with Gasteiger partial charge in [-0.25, -0.2) is 8.42 Å². The summed E-state index contributed by atoms with van der Waals surface area (Å²) in [6.07, 6.45) is 3.51. The lowest BCUT2D eigenvalue weighted by molar-refractivity contribution is 0.391. The van der Waals surface area contributed by atoms with E-state index >= 15 is 0 Å². The Morgan fingerprint density at radius 2 is 2.36 bits per heavy atom. The molecule has 0 aliphatic carbocycles. The lowest BCUT2D eigenvalue weighted by atomic mass is 9.96. The van der Waals surface area contributed by atoms with Crippen molar-refractivity contribution in [3.05, 3.63) is 12.7 Å². The first-order chi connectivity index (χ1) is 6.59. The monoisotopic (exact) mass is 217 g/mol. The zero-order valence-corrected chi connectivity index (χ0v) is 9.52. The summed E-state index contributed by atoms with van der Waals surface area (Å²) >= 11 is 0. The number of hydrogen-bond donors (Lipinski definition) is 1. The summed E-state index contributed by atoms with van der Waals surface area (Å²) in [6, 6.07) is 0.287. The topological polar surface area (TPSA) is 46.2 Å². The van der Waals surface area contributed by atoms with Gasteiger partial charge in [0.25, 0.3) is 0 Å². The van der Waals surface area contributed by atoms with Gasteiger partial charge in [0.2, 0.25) is 0 Å². The van der Waals surface area contributed by atoms with Crippen LogP contribution >= 0.6 is 0 Å². The Labute approximate surface area is 86.5 Å². The maximum atomic E-state index is 11.3. The van der Waals surface area contributed by atoms with Crippen LogP contribution in [0, 0.1) is 5.92 Å². The van der Waals surface area contributed by atoms with Crippen molar-refractivity contribution < 1.29 is 8.42 Å². The summed E-state index contributed by atoms with van der Waals surface area (Å²) in [7, 11) is -2.75. The minimum Gasteiger partial charge on any atom is -0.314 e. The molecule has 1 fully saturated rings. The zero-order valence-electron chi connectivity index (χ0n) is 8.70. The van der Waals surface area contributed by atoms with Crippen LogP contribution in [0.3, 0.4) is 0 Å². The Kier molecular flexibility index (Phi) is 4.13. The van der Waals surface area contributed by atoms with Crippen LogP contribution < -0.4 is 5.32 Å². The summed E-state index contributed by atoms with van der Waals surface area (Å²) in [5.74, 6) is 0.979. The van der Waals surface area contributed by atoms with E-state index in [2.05, 4.69) is 11.9 Å². The highest BCUT2D eigenvalue weighted by molar-refractivity contribution is 7.91. The van der Waals surface area contributed by atoms with Crippen LogP contribution in [0.1, 0.15) is 19.8 Å². The van der Waals surface area contributed by atoms with Gasteiger partial charge in [-0.15, -0.1) is 6.58 Å². The standard InChI is InChI=1S/C10H19NO2S/c1-3-5-10(11-4-2)9-6-7-14(12,13)8-9/h3,9-11H,1,4-8H2,2H3. The molecule has 0 radical (unpaired) electrons. The molecular weight excluding hydrogens is 198 g/mol. The molecule has 1 aliphatic heterocycles. The van der Waals surface area contributed by atoms with E-state index in [9.17, 15) is 8.42 Å². The van der Waals surface area contributed by atoms with Gasteiger partial charge in [-0.1, -0.05) is 13.0 Å². The molecule has 1 heterocycles. The molecule has 2 unspecified atom stereocenters. The summed E-state index contributed by atoms with van der Waals surface area (Å²) < 4.78 is 22.6. The number of nitrogens with one attached hydrogen (secondary N) is 1. The van der Waals surface area contributed by atoms with Gasteiger partial charge < -0.3 is 5.32 Å². The molecule has 0 aromatic rings. The van der Waals surface area contributed by atoms with Crippen molar-refractivity contribution in [3.63, 3.8) is 0 Å². The van der Waals surface area contributed by atoms with Gasteiger partial charge in [0.1, 0.15) is 0 Å². The molecule has 2 atom stereocenters. The van der Waals surface area contributed by atoms with Crippen LogP contribution in [-0.2, 0) is 9.84 Å². The quantitative estimate of drug-likeness (QED) is 0.698. The van der Waals surface area contributed by atoms with E-state index in [1.807, 2.05) is 13.0 Å². The van der Waals surface area contributed by atoms with Gasteiger partial charge in [0.05, 0.1) is 11.5 Å². The van der Waals surface area contributed by atoms with Crippen LogP contribution in [0.5, 0.6) is 0 Å². The number of rotatable bonds is 5. The second-order valence-corrected chi connectivity index (χ2v) is 6.08. The van der Waals surface area contributed by atoms with Gasteiger partial charge >= 0.3 is 0 Å². The fraction of sp³-hybridized carbons (Fsp3) is 0.800. The highest BCUT2D eigenvalue weighted by Gasteiger charge is 2.32. The molecule has 3 nitrogen and oxygen atoms in total. The van der Waals surface area contributed by atoms with E-state index in [-0.39, 0.29) is 12.0 Å². The fourth-order valence-corrected chi connectivity index (χ4v) is 3.91. The van der Waals surface area contributed by atoms with Crippen molar-refractivity contribution in [2.45, 2.75) is 25.8 Å². The minimum absolute atomic E-state index is 0.276. The molecule has 0 aromatic carbocycles. The van der Waals surface area contributed by atoms with E-state index in [1.54, 1.807) is 0 Å². The summed E-state index contributed by atoms with van der Waals surface area (Å²) in [6.45, 7) is 6.63.